The number of hydrogen-bond donors (Lipinski definition) is 2. The smallest absolute Gasteiger partial charge is 0.220 e. The monoisotopic (exact) mass is 215 g/mol. The zero-order chi connectivity index (χ0) is 12.3. The predicted octanol–water partition coefficient (Wildman–Crippen LogP) is 1.95. The molecule has 1 amide bonds. The third-order valence-corrected chi connectivity index (χ3v) is 2.84. The third-order valence-electron chi connectivity index (χ3n) is 2.84. The van der Waals surface area contributed by atoms with Crippen LogP contribution in [0.3, 0.4) is 0 Å². The molecule has 90 valence electrons. The van der Waals surface area contributed by atoms with Gasteiger partial charge in [-0.3, -0.25) is 4.79 Å². The van der Waals surface area contributed by atoms with Crippen LogP contribution in [0.25, 0.3) is 0 Å². The minimum absolute atomic E-state index is 0.0106. The van der Waals surface area contributed by atoms with Crippen LogP contribution in [0.2, 0.25) is 0 Å². The summed E-state index contributed by atoms with van der Waals surface area (Å²) in [6.45, 7) is 12.0. The highest BCUT2D eigenvalue weighted by Gasteiger charge is 2.25. The van der Waals surface area contributed by atoms with Crippen molar-refractivity contribution in [2.24, 2.45) is 11.3 Å². The summed E-state index contributed by atoms with van der Waals surface area (Å²) >= 11 is 0. The first-order valence-corrected chi connectivity index (χ1v) is 5.50. The van der Waals surface area contributed by atoms with E-state index in [2.05, 4.69) is 33.0 Å². The van der Waals surface area contributed by atoms with Crippen molar-refractivity contribution in [1.29, 1.82) is 0 Å². The minimum Gasteiger partial charge on any atom is -0.394 e. The fraction of sp³-hybridized carbons (Fsp3) is 0.917. The molecule has 0 aliphatic heterocycles. The molecule has 0 aromatic carbocycles. The van der Waals surface area contributed by atoms with Crippen LogP contribution in [-0.2, 0) is 4.79 Å². The standard InChI is InChI=1S/C12H25NO2/c1-9(11(2,3)4)7-10(15)13-12(5,6)8-14/h9,14H,7-8H2,1-6H3,(H,13,15). The number of rotatable bonds is 4. The second-order valence-electron chi connectivity index (χ2n) is 6.06. The van der Waals surface area contributed by atoms with E-state index in [1.807, 2.05) is 13.8 Å². The largest absolute Gasteiger partial charge is 0.394 e. The van der Waals surface area contributed by atoms with Gasteiger partial charge in [0.05, 0.1) is 12.1 Å². The molecule has 0 saturated carbocycles. The summed E-state index contributed by atoms with van der Waals surface area (Å²) in [5.41, 5.74) is -0.380. The normalized spacial score (nSPS) is 14.9. The summed E-state index contributed by atoms with van der Waals surface area (Å²) in [5, 5.41) is 11.8. The lowest BCUT2D eigenvalue weighted by molar-refractivity contribution is -0.124. The molecule has 0 spiro atoms. The molecule has 0 saturated heterocycles. The van der Waals surface area contributed by atoms with Gasteiger partial charge in [0.1, 0.15) is 0 Å². The van der Waals surface area contributed by atoms with E-state index in [4.69, 9.17) is 5.11 Å². The average molecular weight is 215 g/mol. The van der Waals surface area contributed by atoms with Gasteiger partial charge in [-0.1, -0.05) is 27.7 Å². The summed E-state index contributed by atoms with van der Waals surface area (Å²) < 4.78 is 0. The molecule has 3 heteroatoms. The zero-order valence-electron chi connectivity index (χ0n) is 10.8. The Morgan fingerprint density at radius 3 is 2.07 bits per heavy atom. The van der Waals surface area contributed by atoms with Crippen molar-refractivity contribution in [3.05, 3.63) is 0 Å². The molecule has 0 aliphatic rings. The van der Waals surface area contributed by atoms with Crippen LogP contribution < -0.4 is 5.32 Å². The molecule has 0 bridgehead atoms. The summed E-state index contributed by atoms with van der Waals surface area (Å²) in [7, 11) is 0. The second-order valence-corrected chi connectivity index (χ2v) is 6.06. The molecule has 1 atom stereocenters. The van der Waals surface area contributed by atoms with Crippen LogP contribution in [0.15, 0.2) is 0 Å². The molecule has 0 fully saturated rings. The molecule has 0 aromatic rings. The summed E-state index contributed by atoms with van der Waals surface area (Å²) in [5.74, 6) is 0.337. The van der Waals surface area contributed by atoms with Crippen molar-refractivity contribution in [1.82, 2.24) is 5.32 Å². The topological polar surface area (TPSA) is 49.3 Å². The number of carbonyl (C=O) groups excluding carboxylic acids is 1. The third kappa shape index (κ3) is 5.78. The van der Waals surface area contributed by atoms with Gasteiger partial charge in [-0.15, -0.1) is 0 Å². The molecule has 0 heterocycles. The number of aliphatic hydroxyl groups excluding tert-OH is 1. The molecule has 0 aliphatic carbocycles. The Kier molecular flexibility index (Phi) is 4.78. The number of aliphatic hydroxyl groups is 1. The molecule has 3 nitrogen and oxygen atoms in total. The zero-order valence-corrected chi connectivity index (χ0v) is 10.8. The number of hydrogen-bond acceptors (Lipinski definition) is 2. The molecule has 0 rings (SSSR count). The van der Waals surface area contributed by atoms with E-state index in [1.165, 1.54) is 0 Å². The van der Waals surface area contributed by atoms with Gasteiger partial charge in [0, 0.05) is 6.42 Å². The molecule has 0 aromatic heterocycles. The first kappa shape index (κ1) is 14.4. The maximum Gasteiger partial charge on any atom is 0.220 e. The van der Waals surface area contributed by atoms with Crippen molar-refractivity contribution < 1.29 is 9.90 Å². The van der Waals surface area contributed by atoms with Gasteiger partial charge in [-0.05, 0) is 25.2 Å². The highest BCUT2D eigenvalue weighted by molar-refractivity contribution is 5.77. The van der Waals surface area contributed by atoms with Gasteiger partial charge < -0.3 is 10.4 Å². The predicted molar refractivity (Wildman–Crippen MR) is 62.5 cm³/mol. The van der Waals surface area contributed by atoms with Crippen LogP contribution in [0.1, 0.15) is 48.0 Å². The molecular formula is C12H25NO2. The van der Waals surface area contributed by atoms with Crippen molar-refractivity contribution in [2.45, 2.75) is 53.5 Å². The Morgan fingerprint density at radius 1 is 1.27 bits per heavy atom. The molecule has 0 radical (unpaired) electrons. The van der Waals surface area contributed by atoms with E-state index in [0.717, 1.165) is 0 Å². The van der Waals surface area contributed by atoms with Crippen molar-refractivity contribution in [2.75, 3.05) is 6.61 Å². The Labute approximate surface area is 93.3 Å². The summed E-state index contributed by atoms with van der Waals surface area (Å²) in [6.07, 6.45) is 0.507. The van der Waals surface area contributed by atoms with Crippen molar-refractivity contribution in [3.8, 4) is 0 Å². The lowest BCUT2D eigenvalue weighted by Crippen LogP contribution is -2.47. The Bertz CT molecular complexity index is 216. The van der Waals surface area contributed by atoms with E-state index < -0.39 is 5.54 Å². The number of carbonyl (C=O) groups is 1. The van der Waals surface area contributed by atoms with Crippen molar-refractivity contribution in [3.63, 3.8) is 0 Å². The second kappa shape index (κ2) is 4.97. The maximum absolute atomic E-state index is 11.7. The highest BCUT2D eigenvalue weighted by atomic mass is 16.3. The Morgan fingerprint density at radius 2 is 1.73 bits per heavy atom. The lowest BCUT2D eigenvalue weighted by Gasteiger charge is -2.29. The lowest BCUT2D eigenvalue weighted by atomic mass is 9.80. The fourth-order valence-electron chi connectivity index (χ4n) is 1.05. The molecule has 2 N–H and O–H groups in total. The molecule has 1 unspecified atom stereocenters. The van der Waals surface area contributed by atoms with Crippen LogP contribution >= 0.6 is 0 Å². The maximum atomic E-state index is 11.7. The highest BCUT2D eigenvalue weighted by Crippen LogP contribution is 2.27. The van der Waals surface area contributed by atoms with Gasteiger partial charge in [0.2, 0.25) is 5.91 Å². The van der Waals surface area contributed by atoms with Gasteiger partial charge in [0.25, 0.3) is 0 Å². The fourth-order valence-corrected chi connectivity index (χ4v) is 1.05. The minimum atomic E-state index is -0.519. The average Bonchev–Trinajstić information content (AvgIpc) is 2.01. The van der Waals surface area contributed by atoms with E-state index in [-0.39, 0.29) is 17.9 Å². The first-order valence-electron chi connectivity index (χ1n) is 5.50. The SMILES string of the molecule is CC(CC(=O)NC(C)(C)CO)C(C)(C)C. The van der Waals surface area contributed by atoms with Gasteiger partial charge in [0.15, 0.2) is 0 Å². The summed E-state index contributed by atoms with van der Waals surface area (Å²) in [6, 6.07) is 0. The molecular weight excluding hydrogens is 190 g/mol. The number of nitrogens with one attached hydrogen (secondary N) is 1. The van der Waals surface area contributed by atoms with Gasteiger partial charge in [-0.2, -0.15) is 0 Å². The number of amides is 1. The Hall–Kier alpha value is -0.570. The van der Waals surface area contributed by atoms with Crippen LogP contribution in [0.5, 0.6) is 0 Å². The van der Waals surface area contributed by atoms with Crippen molar-refractivity contribution >= 4 is 5.91 Å². The first-order chi connectivity index (χ1) is 6.58. The van der Waals surface area contributed by atoms with Gasteiger partial charge in [-0.25, -0.2) is 0 Å². The molecule has 15 heavy (non-hydrogen) atoms. The van der Waals surface area contributed by atoms with E-state index in [1.54, 1.807) is 0 Å². The quantitative estimate of drug-likeness (QED) is 0.753. The van der Waals surface area contributed by atoms with E-state index in [0.29, 0.717) is 12.3 Å². The Balaban J connectivity index is 4.17. The van der Waals surface area contributed by atoms with E-state index in [9.17, 15) is 4.79 Å². The van der Waals surface area contributed by atoms with Gasteiger partial charge >= 0.3 is 0 Å². The van der Waals surface area contributed by atoms with E-state index >= 15 is 0 Å². The van der Waals surface area contributed by atoms with Crippen LogP contribution in [0, 0.1) is 11.3 Å². The van der Waals surface area contributed by atoms with Crippen LogP contribution in [-0.4, -0.2) is 23.2 Å². The van der Waals surface area contributed by atoms with Crippen LogP contribution in [0.4, 0.5) is 0 Å². The summed E-state index contributed by atoms with van der Waals surface area (Å²) in [4.78, 5) is 11.7.